The Bertz CT molecular complexity index is 738. The van der Waals surface area contributed by atoms with Gasteiger partial charge in [0.25, 0.3) is 0 Å². The molecule has 0 aliphatic carbocycles. The van der Waals surface area contributed by atoms with Gasteiger partial charge in [-0.1, -0.05) is 66.7 Å². The molecule has 24 heavy (non-hydrogen) atoms. The van der Waals surface area contributed by atoms with Crippen LogP contribution in [0, 0.1) is 0 Å². The summed E-state index contributed by atoms with van der Waals surface area (Å²) in [7, 11) is 0. The molecule has 3 aromatic rings. The minimum absolute atomic E-state index is 0.00411. The van der Waals surface area contributed by atoms with Crippen molar-refractivity contribution in [3.63, 3.8) is 0 Å². The van der Waals surface area contributed by atoms with Crippen LogP contribution in [0.2, 0.25) is 0 Å². The van der Waals surface area contributed by atoms with E-state index >= 15 is 0 Å². The lowest BCUT2D eigenvalue weighted by Gasteiger charge is -2.19. The average molecular weight is 335 g/mol. The molecule has 1 aromatic heterocycles. The summed E-state index contributed by atoms with van der Waals surface area (Å²) in [6.45, 7) is 0. The van der Waals surface area contributed by atoms with Gasteiger partial charge in [-0.05, 0) is 35.4 Å². The maximum absolute atomic E-state index is 12.4. The predicted molar refractivity (Wildman–Crippen MR) is 100 cm³/mol. The van der Waals surface area contributed by atoms with Crippen LogP contribution in [0.15, 0.2) is 78.2 Å². The highest BCUT2D eigenvalue weighted by molar-refractivity contribution is 7.09. The molecule has 0 spiro atoms. The fourth-order valence-corrected chi connectivity index (χ4v) is 3.45. The third kappa shape index (κ3) is 4.80. The van der Waals surface area contributed by atoms with Gasteiger partial charge in [-0.15, -0.1) is 11.3 Å². The Hall–Kier alpha value is -2.39. The summed E-state index contributed by atoms with van der Waals surface area (Å²) in [6.07, 6.45) is 2.13. The van der Waals surface area contributed by atoms with Gasteiger partial charge < -0.3 is 5.32 Å². The monoisotopic (exact) mass is 335 g/mol. The summed E-state index contributed by atoms with van der Waals surface area (Å²) in [5.74, 6) is 0.105. The van der Waals surface area contributed by atoms with Gasteiger partial charge in [0.15, 0.2) is 0 Å². The normalized spacial score (nSPS) is 11.8. The van der Waals surface area contributed by atoms with Crippen molar-refractivity contribution in [3.05, 3.63) is 94.2 Å². The number of nitrogens with one attached hydrogen (secondary N) is 1. The predicted octanol–water partition coefficient (Wildman–Crippen LogP) is 4.78. The molecule has 0 aliphatic rings. The molecular weight excluding hydrogens is 314 g/mol. The Kier molecular flexibility index (Phi) is 5.80. The number of benzene rings is 2. The molecule has 0 aliphatic heterocycles. The van der Waals surface area contributed by atoms with Gasteiger partial charge in [0.1, 0.15) is 0 Å². The molecule has 2 nitrogen and oxygen atoms in total. The van der Waals surface area contributed by atoms with Crippen molar-refractivity contribution in [2.75, 3.05) is 0 Å². The fraction of sp³-hybridized carbons (Fsp3) is 0.190. The van der Waals surface area contributed by atoms with Crippen LogP contribution in [-0.2, 0) is 17.6 Å². The summed E-state index contributed by atoms with van der Waals surface area (Å²) >= 11 is 1.70. The molecular formula is C21H21NOS. The topological polar surface area (TPSA) is 29.1 Å². The molecule has 1 atom stereocenters. The summed E-state index contributed by atoms with van der Waals surface area (Å²) in [5.41, 5.74) is 2.37. The van der Waals surface area contributed by atoms with Gasteiger partial charge in [0.2, 0.25) is 5.91 Å². The lowest BCUT2D eigenvalue weighted by Crippen LogP contribution is -2.30. The number of hydrogen-bond acceptors (Lipinski definition) is 2. The Morgan fingerprint density at radius 1 is 0.917 bits per heavy atom. The van der Waals surface area contributed by atoms with Gasteiger partial charge in [-0.2, -0.15) is 0 Å². The van der Waals surface area contributed by atoms with E-state index in [4.69, 9.17) is 0 Å². The summed E-state index contributed by atoms with van der Waals surface area (Å²) < 4.78 is 0. The van der Waals surface area contributed by atoms with E-state index in [1.54, 1.807) is 11.3 Å². The Labute approximate surface area is 147 Å². The molecule has 0 saturated carbocycles. The third-order valence-electron chi connectivity index (χ3n) is 4.00. The largest absolute Gasteiger partial charge is 0.349 e. The Morgan fingerprint density at radius 2 is 1.62 bits per heavy atom. The highest BCUT2D eigenvalue weighted by atomic mass is 32.1. The molecule has 0 bridgehead atoms. The lowest BCUT2D eigenvalue weighted by atomic mass is 9.98. The SMILES string of the molecule is O=C(CCc1cccs1)NC(Cc1ccccc1)c1ccccc1. The van der Waals surface area contributed by atoms with Gasteiger partial charge >= 0.3 is 0 Å². The van der Waals surface area contributed by atoms with Crippen LogP contribution in [0.3, 0.4) is 0 Å². The van der Waals surface area contributed by atoms with Crippen molar-refractivity contribution in [2.45, 2.75) is 25.3 Å². The fourth-order valence-electron chi connectivity index (χ4n) is 2.75. The first-order valence-electron chi connectivity index (χ1n) is 8.22. The number of aryl methyl sites for hydroxylation is 1. The molecule has 3 heteroatoms. The number of thiophene rings is 1. The second kappa shape index (κ2) is 8.46. The van der Waals surface area contributed by atoms with Gasteiger partial charge in [-0.3, -0.25) is 4.79 Å². The molecule has 0 saturated heterocycles. The van der Waals surface area contributed by atoms with Crippen LogP contribution < -0.4 is 5.32 Å². The van der Waals surface area contributed by atoms with Crippen LogP contribution in [-0.4, -0.2) is 5.91 Å². The maximum atomic E-state index is 12.4. The van der Waals surface area contributed by atoms with E-state index in [2.05, 4.69) is 41.0 Å². The van der Waals surface area contributed by atoms with Crippen LogP contribution in [0.5, 0.6) is 0 Å². The van der Waals surface area contributed by atoms with Gasteiger partial charge in [-0.25, -0.2) is 0 Å². The summed E-state index contributed by atoms with van der Waals surface area (Å²) in [5, 5.41) is 5.26. The number of carbonyl (C=O) groups excluding carboxylic acids is 1. The van der Waals surface area contributed by atoms with Crippen LogP contribution in [0.4, 0.5) is 0 Å². The first-order chi connectivity index (χ1) is 11.8. The highest BCUT2D eigenvalue weighted by Gasteiger charge is 2.15. The van der Waals surface area contributed by atoms with Crippen molar-refractivity contribution in [1.82, 2.24) is 5.32 Å². The summed E-state index contributed by atoms with van der Waals surface area (Å²) in [4.78, 5) is 13.7. The smallest absolute Gasteiger partial charge is 0.220 e. The van der Waals surface area contributed by atoms with Crippen molar-refractivity contribution in [1.29, 1.82) is 0 Å². The molecule has 0 fully saturated rings. The van der Waals surface area contributed by atoms with E-state index in [1.165, 1.54) is 10.4 Å². The highest BCUT2D eigenvalue weighted by Crippen LogP contribution is 2.19. The van der Waals surface area contributed by atoms with E-state index in [9.17, 15) is 4.79 Å². The second-order valence-electron chi connectivity index (χ2n) is 5.80. The minimum atomic E-state index is 0.00411. The van der Waals surface area contributed by atoms with Crippen molar-refractivity contribution < 1.29 is 4.79 Å². The number of hydrogen-bond donors (Lipinski definition) is 1. The van der Waals surface area contributed by atoms with Crippen LogP contribution in [0.25, 0.3) is 0 Å². The number of carbonyl (C=O) groups is 1. The Balaban J connectivity index is 1.66. The summed E-state index contributed by atoms with van der Waals surface area (Å²) in [6, 6.07) is 24.6. The molecule has 1 amide bonds. The second-order valence-corrected chi connectivity index (χ2v) is 6.83. The van der Waals surface area contributed by atoms with Crippen molar-refractivity contribution >= 4 is 17.2 Å². The number of amides is 1. The van der Waals surface area contributed by atoms with Crippen molar-refractivity contribution in [2.24, 2.45) is 0 Å². The van der Waals surface area contributed by atoms with E-state index in [-0.39, 0.29) is 11.9 Å². The zero-order valence-corrected chi connectivity index (χ0v) is 14.3. The number of rotatable bonds is 7. The first-order valence-corrected chi connectivity index (χ1v) is 9.10. The molecule has 0 radical (unpaired) electrons. The average Bonchev–Trinajstić information content (AvgIpc) is 3.15. The van der Waals surface area contributed by atoms with Crippen molar-refractivity contribution in [3.8, 4) is 0 Å². The molecule has 1 heterocycles. The molecule has 1 N–H and O–H groups in total. The zero-order valence-electron chi connectivity index (χ0n) is 13.5. The molecule has 2 aromatic carbocycles. The van der Waals surface area contributed by atoms with E-state index in [1.807, 2.05) is 42.5 Å². The third-order valence-corrected chi connectivity index (χ3v) is 4.93. The maximum Gasteiger partial charge on any atom is 0.220 e. The molecule has 3 rings (SSSR count). The van der Waals surface area contributed by atoms with Crippen LogP contribution in [0.1, 0.15) is 28.5 Å². The lowest BCUT2D eigenvalue weighted by molar-refractivity contribution is -0.121. The molecule has 1 unspecified atom stereocenters. The standard InChI is InChI=1S/C21H21NOS/c23-21(14-13-19-12-7-15-24-19)22-20(18-10-5-2-6-11-18)16-17-8-3-1-4-9-17/h1-12,15,20H,13-14,16H2,(H,22,23). The van der Waals surface area contributed by atoms with E-state index in [0.29, 0.717) is 6.42 Å². The van der Waals surface area contributed by atoms with Gasteiger partial charge in [0.05, 0.1) is 6.04 Å². The first kappa shape index (κ1) is 16.5. The quantitative estimate of drug-likeness (QED) is 0.661. The Morgan fingerprint density at radius 3 is 2.29 bits per heavy atom. The molecule has 122 valence electrons. The van der Waals surface area contributed by atoms with Gasteiger partial charge in [0, 0.05) is 11.3 Å². The minimum Gasteiger partial charge on any atom is -0.349 e. The zero-order chi connectivity index (χ0) is 16.6. The van der Waals surface area contributed by atoms with Crippen LogP contribution >= 0.6 is 11.3 Å². The van der Waals surface area contributed by atoms with E-state index < -0.39 is 0 Å². The van der Waals surface area contributed by atoms with E-state index in [0.717, 1.165) is 18.4 Å².